The number of hydrogen-bond acceptors (Lipinski definition) is 4. The molecule has 0 fully saturated rings. The van der Waals surface area contributed by atoms with Crippen LogP contribution in [0.25, 0.3) is 0 Å². The number of aromatic nitrogens is 2. The molecule has 2 aromatic rings. The first-order valence-electron chi connectivity index (χ1n) is 6.84. The zero-order chi connectivity index (χ0) is 17.2. The monoisotopic (exact) mass is 400 g/mol. The van der Waals surface area contributed by atoms with Gasteiger partial charge >= 0.3 is 0 Å². The molecular weight excluding hydrogens is 384 g/mol. The summed E-state index contributed by atoms with van der Waals surface area (Å²) in [7, 11) is -3.77. The van der Waals surface area contributed by atoms with Crippen molar-refractivity contribution in [1.29, 1.82) is 0 Å². The van der Waals surface area contributed by atoms with Gasteiger partial charge in [0.1, 0.15) is 0 Å². The number of sulfonamides is 1. The summed E-state index contributed by atoms with van der Waals surface area (Å²) in [5.74, 6) is -0.161. The van der Waals surface area contributed by atoms with Gasteiger partial charge in [0.2, 0.25) is 10.0 Å². The average molecular weight is 401 g/mol. The van der Waals surface area contributed by atoms with E-state index in [4.69, 9.17) is 5.14 Å². The van der Waals surface area contributed by atoms with E-state index in [0.29, 0.717) is 10.0 Å². The third-order valence-electron chi connectivity index (χ3n) is 3.21. The van der Waals surface area contributed by atoms with Crippen LogP contribution in [0.15, 0.2) is 33.6 Å². The number of H-pyrrole nitrogens is 1. The predicted molar refractivity (Wildman–Crippen MR) is 89.4 cm³/mol. The fourth-order valence-electron chi connectivity index (χ4n) is 1.97. The Kier molecular flexibility index (Phi) is 5.23. The molecular formula is C14H17BrN4O3S. The quantitative estimate of drug-likeness (QED) is 0.709. The molecule has 0 saturated heterocycles. The van der Waals surface area contributed by atoms with Gasteiger partial charge in [-0.2, -0.15) is 5.10 Å². The highest BCUT2D eigenvalue weighted by molar-refractivity contribution is 9.10. The Labute approximate surface area is 142 Å². The molecule has 0 radical (unpaired) electrons. The van der Waals surface area contributed by atoms with Crippen LogP contribution in [-0.2, 0) is 16.6 Å². The molecule has 4 N–H and O–H groups in total. The smallest absolute Gasteiger partial charge is 0.273 e. The lowest BCUT2D eigenvalue weighted by atomic mass is 10.1. The molecule has 0 unspecified atom stereocenters. The Bertz CT molecular complexity index is 830. The number of benzene rings is 1. The molecule has 1 amide bonds. The van der Waals surface area contributed by atoms with Crippen LogP contribution in [0, 0.1) is 0 Å². The lowest BCUT2D eigenvalue weighted by Crippen LogP contribution is -2.24. The van der Waals surface area contributed by atoms with Gasteiger partial charge in [0, 0.05) is 6.54 Å². The predicted octanol–water partition coefficient (Wildman–Crippen LogP) is 1.87. The minimum absolute atomic E-state index is 0.00675. The molecule has 124 valence electrons. The lowest BCUT2D eigenvalue weighted by molar-refractivity contribution is 0.0945. The highest BCUT2D eigenvalue weighted by Crippen LogP contribution is 2.25. The first-order chi connectivity index (χ1) is 10.7. The molecule has 1 aromatic heterocycles. The second-order valence-corrected chi connectivity index (χ2v) is 7.68. The maximum atomic E-state index is 12.2. The van der Waals surface area contributed by atoms with Crippen LogP contribution < -0.4 is 10.5 Å². The Morgan fingerprint density at radius 2 is 2.13 bits per heavy atom. The van der Waals surface area contributed by atoms with E-state index >= 15 is 0 Å². The summed E-state index contributed by atoms with van der Waals surface area (Å²) in [6.07, 6.45) is 0. The number of rotatable bonds is 5. The van der Waals surface area contributed by atoms with Gasteiger partial charge in [0.15, 0.2) is 5.69 Å². The first-order valence-corrected chi connectivity index (χ1v) is 9.17. The van der Waals surface area contributed by atoms with Gasteiger partial charge in [0.05, 0.1) is 15.1 Å². The Hall–Kier alpha value is -1.71. The van der Waals surface area contributed by atoms with Crippen LogP contribution in [0.2, 0.25) is 0 Å². The largest absolute Gasteiger partial charge is 0.347 e. The van der Waals surface area contributed by atoms with Crippen molar-refractivity contribution < 1.29 is 13.2 Å². The molecule has 0 aliphatic heterocycles. The van der Waals surface area contributed by atoms with E-state index in [1.54, 1.807) is 12.1 Å². The highest BCUT2D eigenvalue weighted by Gasteiger charge is 2.19. The van der Waals surface area contributed by atoms with E-state index in [0.717, 1.165) is 5.69 Å². The number of halogens is 1. The molecule has 0 atom stereocenters. The van der Waals surface area contributed by atoms with Crippen molar-refractivity contribution >= 4 is 31.9 Å². The van der Waals surface area contributed by atoms with Gasteiger partial charge in [0.25, 0.3) is 5.91 Å². The normalized spacial score (nSPS) is 11.7. The summed E-state index contributed by atoms with van der Waals surface area (Å²) in [6.45, 7) is 4.13. The summed E-state index contributed by atoms with van der Waals surface area (Å²) in [5.41, 5.74) is 1.73. The molecule has 1 heterocycles. The molecule has 1 aromatic carbocycles. The van der Waals surface area contributed by atoms with Crippen LogP contribution in [0.4, 0.5) is 0 Å². The maximum Gasteiger partial charge on any atom is 0.273 e. The summed E-state index contributed by atoms with van der Waals surface area (Å²) in [5, 5.41) is 14.6. The first kappa shape index (κ1) is 17.6. The van der Waals surface area contributed by atoms with Gasteiger partial charge in [-0.1, -0.05) is 26.0 Å². The number of nitrogens with zero attached hydrogens (tertiary/aromatic N) is 1. The number of hydrogen-bond donors (Lipinski definition) is 3. The Morgan fingerprint density at radius 1 is 1.43 bits per heavy atom. The van der Waals surface area contributed by atoms with Crippen LogP contribution in [0.5, 0.6) is 0 Å². The number of amides is 1. The third-order valence-corrected chi connectivity index (χ3v) is 4.92. The van der Waals surface area contributed by atoms with E-state index in [1.807, 2.05) is 13.8 Å². The number of nitrogens with two attached hydrogens (primary N) is 1. The van der Waals surface area contributed by atoms with Gasteiger partial charge < -0.3 is 5.32 Å². The number of carbonyl (C=O) groups is 1. The zero-order valence-corrected chi connectivity index (χ0v) is 15.0. The Balaban J connectivity index is 2.11. The van der Waals surface area contributed by atoms with E-state index in [1.165, 1.54) is 12.1 Å². The average Bonchev–Trinajstić information content (AvgIpc) is 2.86. The highest BCUT2D eigenvalue weighted by atomic mass is 79.9. The number of carbonyl (C=O) groups excluding carboxylic acids is 1. The standard InChI is InChI=1S/C14H17BrN4O3S/c1-8(2)12-11(15)13(19-18-12)14(20)17-7-9-4-3-5-10(6-9)23(16,21)22/h3-6,8H,7H2,1-2H3,(H,17,20)(H,18,19)(H2,16,21,22). The molecule has 0 saturated carbocycles. The summed E-state index contributed by atoms with van der Waals surface area (Å²) >= 11 is 3.37. The van der Waals surface area contributed by atoms with Gasteiger partial charge in [-0.3, -0.25) is 9.89 Å². The van der Waals surface area contributed by atoms with Crippen molar-refractivity contribution in [3.05, 3.63) is 45.7 Å². The van der Waals surface area contributed by atoms with E-state index in [2.05, 4.69) is 31.4 Å². The van der Waals surface area contributed by atoms with Crippen molar-refractivity contribution in [1.82, 2.24) is 15.5 Å². The van der Waals surface area contributed by atoms with Gasteiger partial charge in [-0.05, 0) is 39.5 Å². The van der Waals surface area contributed by atoms with Crippen LogP contribution >= 0.6 is 15.9 Å². The van der Waals surface area contributed by atoms with Crippen LogP contribution in [0.1, 0.15) is 41.5 Å². The van der Waals surface area contributed by atoms with Crippen LogP contribution in [-0.4, -0.2) is 24.5 Å². The van der Waals surface area contributed by atoms with Crippen LogP contribution in [0.3, 0.4) is 0 Å². The van der Waals surface area contributed by atoms with E-state index in [-0.39, 0.29) is 29.0 Å². The van der Waals surface area contributed by atoms with Crippen molar-refractivity contribution in [2.24, 2.45) is 5.14 Å². The maximum absolute atomic E-state index is 12.2. The van der Waals surface area contributed by atoms with Crippen molar-refractivity contribution in [3.63, 3.8) is 0 Å². The summed E-state index contributed by atoms with van der Waals surface area (Å²) < 4.78 is 23.3. The van der Waals surface area contributed by atoms with Crippen molar-refractivity contribution in [2.45, 2.75) is 31.2 Å². The topological polar surface area (TPSA) is 118 Å². The number of aromatic amines is 1. The SMILES string of the molecule is CC(C)c1[nH]nc(C(=O)NCc2cccc(S(N)(=O)=O)c2)c1Br. The summed E-state index contributed by atoms with van der Waals surface area (Å²) in [4.78, 5) is 12.2. The molecule has 7 nitrogen and oxygen atoms in total. The van der Waals surface area contributed by atoms with Crippen molar-refractivity contribution in [2.75, 3.05) is 0 Å². The molecule has 2 rings (SSSR count). The van der Waals surface area contributed by atoms with Gasteiger partial charge in [-0.25, -0.2) is 13.6 Å². The number of primary sulfonamides is 1. The molecule has 9 heteroatoms. The lowest BCUT2D eigenvalue weighted by Gasteiger charge is -2.06. The third kappa shape index (κ3) is 4.18. The van der Waals surface area contributed by atoms with Crippen molar-refractivity contribution in [3.8, 4) is 0 Å². The minimum atomic E-state index is -3.77. The minimum Gasteiger partial charge on any atom is -0.347 e. The molecule has 0 aliphatic rings. The second kappa shape index (κ2) is 6.81. The fraction of sp³-hybridized carbons (Fsp3) is 0.286. The number of nitrogens with one attached hydrogen (secondary N) is 2. The fourth-order valence-corrected chi connectivity index (χ4v) is 3.37. The second-order valence-electron chi connectivity index (χ2n) is 5.33. The molecule has 0 spiro atoms. The molecule has 0 aliphatic carbocycles. The zero-order valence-electron chi connectivity index (χ0n) is 12.6. The van der Waals surface area contributed by atoms with E-state index in [9.17, 15) is 13.2 Å². The van der Waals surface area contributed by atoms with E-state index < -0.39 is 10.0 Å². The Morgan fingerprint density at radius 3 is 2.70 bits per heavy atom. The summed E-state index contributed by atoms with van der Waals surface area (Å²) in [6, 6.07) is 6.10. The van der Waals surface area contributed by atoms with Gasteiger partial charge in [-0.15, -0.1) is 0 Å². The molecule has 0 bridgehead atoms. The molecule has 23 heavy (non-hydrogen) atoms.